The predicted octanol–water partition coefficient (Wildman–Crippen LogP) is 2.90. The van der Waals surface area contributed by atoms with E-state index < -0.39 is 21.8 Å². The number of anilines is 1. The van der Waals surface area contributed by atoms with Gasteiger partial charge in [0.05, 0.1) is 22.5 Å². The first-order valence-electron chi connectivity index (χ1n) is 9.18. The van der Waals surface area contributed by atoms with Crippen molar-refractivity contribution >= 4 is 15.7 Å². The summed E-state index contributed by atoms with van der Waals surface area (Å²) >= 11 is 0. The molecule has 0 spiro atoms. The average Bonchev–Trinajstić information content (AvgIpc) is 3.11. The third-order valence-corrected chi connectivity index (χ3v) is 5.66. The molecule has 0 fully saturated rings. The van der Waals surface area contributed by atoms with Gasteiger partial charge in [0, 0.05) is 37.6 Å². The Morgan fingerprint density at radius 3 is 2.35 bits per heavy atom. The first kappa shape index (κ1) is 22.8. The Kier molecular flexibility index (Phi) is 6.39. The van der Waals surface area contributed by atoms with Crippen LogP contribution in [0.5, 0.6) is 0 Å². The minimum Gasteiger partial charge on any atom is -0.396 e. The van der Waals surface area contributed by atoms with Crippen molar-refractivity contribution in [2.75, 3.05) is 11.9 Å². The van der Waals surface area contributed by atoms with Gasteiger partial charge in [0.2, 0.25) is 10.0 Å². The van der Waals surface area contributed by atoms with Crippen LogP contribution >= 0.6 is 0 Å². The lowest BCUT2D eigenvalue weighted by atomic mass is 9.99. The summed E-state index contributed by atoms with van der Waals surface area (Å²) < 4.78 is 64.1. The van der Waals surface area contributed by atoms with Crippen molar-refractivity contribution in [2.45, 2.75) is 24.0 Å². The number of imidazole rings is 1. The lowest BCUT2D eigenvalue weighted by molar-refractivity contribution is -0.137. The van der Waals surface area contributed by atoms with Crippen LogP contribution in [0.15, 0.2) is 53.8 Å². The van der Waals surface area contributed by atoms with Crippen LogP contribution in [-0.2, 0) is 36.2 Å². The van der Waals surface area contributed by atoms with E-state index in [1.165, 1.54) is 24.3 Å². The van der Waals surface area contributed by atoms with Gasteiger partial charge in [0.25, 0.3) is 0 Å². The highest BCUT2D eigenvalue weighted by molar-refractivity contribution is 7.89. The second kappa shape index (κ2) is 8.69. The Hall–Kier alpha value is -2.89. The molecule has 1 heterocycles. The van der Waals surface area contributed by atoms with Crippen molar-refractivity contribution in [3.8, 4) is 11.3 Å². The lowest BCUT2D eigenvalue weighted by Gasteiger charge is -2.18. The topological polar surface area (TPSA) is 110 Å². The Morgan fingerprint density at radius 2 is 1.84 bits per heavy atom. The molecule has 11 heteroatoms. The van der Waals surface area contributed by atoms with E-state index in [0.29, 0.717) is 28.1 Å². The molecule has 3 aromatic rings. The number of halogens is 3. The molecule has 166 valence electrons. The molecule has 0 atom stereocenters. The summed E-state index contributed by atoms with van der Waals surface area (Å²) in [6.07, 6.45) is -1.16. The Labute approximate surface area is 177 Å². The summed E-state index contributed by atoms with van der Waals surface area (Å²) in [6.45, 7) is -0.129. The number of aromatic nitrogens is 2. The number of nitrogens with one attached hydrogen (secondary N) is 1. The number of hydrogen-bond donors (Lipinski definition) is 3. The molecule has 31 heavy (non-hydrogen) atoms. The fraction of sp³-hybridized carbons (Fsp3) is 0.250. The molecule has 0 aliphatic heterocycles. The van der Waals surface area contributed by atoms with Crippen molar-refractivity contribution in [2.24, 2.45) is 12.2 Å². The summed E-state index contributed by atoms with van der Waals surface area (Å²) in [6, 6.07) is 7.58. The number of aliphatic hydroxyl groups excluding tert-OH is 1. The smallest absolute Gasteiger partial charge is 0.396 e. The highest BCUT2D eigenvalue weighted by Crippen LogP contribution is 2.35. The standard InChI is InChI=1S/C20H21F3N4O3S/c1-27-11-17(26-12-27)19-15(8-9-28)18(31(24,29)30)7-6-16(19)25-10-13-2-4-14(5-3-13)20(21,22)23/h2-7,11-12,25,28H,8-10H2,1H3,(H2,24,29,30). The SMILES string of the molecule is Cn1cnc(-c2c(NCc3ccc(C(F)(F)F)cc3)ccc(S(N)(=O)=O)c2CCO)c1. The summed E-state index contributed by atoms with van der Waals surface area (Å²) in [7, 11) is -2.31. The molecule has 0 aliphatic rings. The van der Waals surface area contributed by atoms with Crippen LogP contribution in [0.2, 0.25) is 0 Å². The average molecular weight is 454 g/mol. The van der Waals surface area contributed by atoms with Crippen LogP contribution in [0.25, 0.3) is 11.3 Å². The number of hydrogen-bond acceptors (Lipinski definition) is 5. The number of sulfonamides is 1. The normalized spacial score (nSPS) is 12.2. The number of nitrogens with two attached hydrogens (primary N) is 1. The van der Waals surface area contributed by atoms with E-state index in [-0.39, 0.29) is 24.5 Å². The second-order valence-corrected chi connectivity index (χ2v) is 8.49. The number of aliphatic hydroxyl groups is 1. The summed E-state index contributed by atoms with van der Waals surface area (Å²) in [5.74, 6) is 0. The van der Waals surface area contributed by atoms with Gasteiger partial charge >= 0.3 is 6.18 Å². The molecular formula is C20H21F3N4O3S. The van der Waals surface area contributed by atoms with Crippen molar-refractivity contribution < 1.29 is 26.7 Å². The highest BCUT2D eigenvalue weighted by Gasteiger charge is 2.30. The first-order valence-corrected chi connectivity index (χ1v) is 10.7. The van der Waals surface area contributed by atoms with Gasteiger partial charge in [-0.05, 0) is 41.8 Å². The van der Waals surface area contributed by atoms with Gasteiger partial charge in [-0.25, -0.2) is 18.5 Å². The number of primary sulfonamides is 1. The third-order valence-electron chi connectivity index (χ3n) is 4.66. The molecule has 2 aromatic carbocycles. The van der Waals surface area contributed by atoms with Crippen molar-refractivity contribution in [1.82, 2.24) is 9.55 Å². The number of nitrogens with zero attached hydrogens (tertiary/aromatic N) is 2. The van der Waals surface area contributed by atoms with Crippen LogP contribution in [0.1, 0.15) is 16.7 Å². The van der Waals surface area contributed by atoms with Gasteiger partial charge in [-0.2, -0.15) is 13.2 Å². The molecular weight excluding hydrogens is 433 g/mol. The van der Waals surface area contributed by atoms with E-state index in [2.05, 4.69) is 10.3 Å². The number of alkyl halides is 3. The van der Waals surface area contributed by atoms with E-state index in [1.54, 1.807) is 24.1 Å². The molecule has 0 saturated carbocycles. The van der Waals surface area contributed by atoms with Crippen LogP contribution in [-0.4, -0.2) is 29.7 Å². The van der Waals surface area contributed by atoms with Crippen LogP contribution < -0.4 is 10.5 Å². The Balaban J connectivity index is 2.02. The van der Waals surface area contributed by atoms with E-state index >= 15 is 0 Å². The first-order chi connectivity index (χ1) is 14.5. The summed E-state index contributed by atoms with van der Waals surface area (Å²) in [5, 5.41) is 18.0. The Morgan fingerprint density at radius 1 is 1.16 bits per heavy atom. The predicted molar refractivity (Wildman–Crippen MR) is 110 cm³/mol. The zero-order chi connectivity index (χ0) is 22.8. The van der Waals surface area contributed by atoms with Gasteiger partial charge in [-0.1, -0.05) is 12.1 Å². The fourth-order valence-corrected chi connectivity index (χ4v) is 4.05. The van der Waals surface area contributed by atoms with Gasteiger partial charge in [0.15, 0.2) is 0 Å². The minimum atomic E-state index is -4.42. The monoisotopic (exact) mass is 454 g/mol. The maximum atomic E-state index is 12.8. The maximum absolute atomic E-state index is 12.8. The van der Waals surface area contributed by atoms with Gasteiger partial charge in [-0.15, -0.1) is 0 Å². The van der Waals surface area contributed by atoms with E-state index in [9.17, 15) is 26.7 Å². The maximum Gasteiger partial charge on any atom is 0.416 e. The van der Waals surface area contributed by atoms with Crippen molar-refractivity contribution in [1.29, 1.82) is 0 Å². The third kappa shape index (κ3) is 5.24. The molecule has 1 aromatic heterocycles. The molecule has 0 unspecified atom stereocenters. The summed E-state index contributed by atoms with van der Waals surface area (Å²) in [5.41, 5.74) is 1.59. The quantitative estimate of drug-likeness (QED) is 0.509. The summed E-state index contributed by atoms with van der Waals surface area (Å²) in [4.78, 5) is 4.16. The zero-order valence-corrected chi connectivity index (χ0v) is 17.3. The molecule has 0 radical (unpaired) electrons. The molecule has 0 saturated heterocycles. The second-order valence-electron chi connectivity index (χ2n) is 6.96. The van der Waals surface area contributed by atoms with Gasteiger partial charge in [-0.3, -0.25) is 0 Å². The fourth-order valence-electron chi connectivity index (χ4n) is 3.25. The van der Waals surface area contributed by atoms with Crippen LogP contribution in [0.3, 0.4) is 0 Å². The van der Waals surface area contributed by atoms with E-state index in [0.717, 1.165) is 12.1 Å². The molecule has 0 aliphatic carbocycles. The van der Waals surface area contributed by atoms with E-state index in [4.69, 9.17) is 5.14 Å². The highest BCUT2D eigenvalue weighted by atomic mass is 32.2. The lowest BCUT2D eigenvalue weighted by Crippen LogP contribution is -2.17. The number of benzene rings is 2. The zero-order valence-electron chi connectivity index (χ0n) is 16.5. The molecule has 3 rings (SSSR count). The van der Waals surface area contributed by atoms with Gasteiger partial charge in [0.1, 0.15) is 0 Å². The minimum absolute atomic E-state index is 0.0213. The van der Waals surface area contributed by atoms with Crippen molar-refractivity contribution in [3.63, 3.8) is 0 Å². The van der Waals surface area contributed by atoms with E-state index in [1.807, 2.05) is 0 Å². The van der Waals surface area contributed by atoms with Crippen LogP contribution in [0, 0.1) is 0 Å². The largest absolute Gasteiger partial charge is 0.416 e. The Bertz CT molecular complexity index is 1170. The molecule has 7 nitrogen and oxygen atoms in total. The number of aryl methyl sites for hydroxylation is 1. The van der Waals surface area contributed by atoms with Crippen molar-refractivity contribution in [3.05, 3.63) is 65.6 Å². The van der Waals surface area contributed by atoms with Crippen LogP contribution in [0.4, 0.5) is 18.9 Å². The molecule has 0 bridgehead atoms. The number of rotatable bonds is 7. The molecule has 4 N–H and O–H groups in total. The van der Waals surface area contributed by atoms with Gasteiger partial charge < -0.3 is 15.0 Å². The molecule has 0 amide bonds.